The lowest BCUT2D eigenvalue weighted by molar-refractivity contribution is -0.150. The molecule has 1 amide bonds. The Morgan fingerprint density at radius 2 is 1.95 bits per heavy atom. The number of benzene rings is 1. The van der Waals surface area contributed by atoms with Crippen LogP contribution in [0, 0.1) is 5.92 Å². The maximum Gasteiger partial charge on any atom is 0.308 e. The van der Waals surface area contributed by atoms with Crippen molar-refractivity contribution in [2.24, 2.45) is 5.92 Å². The summed E-state index contributed by atoms with van der Waals surface area (Å²) in [5.74, 6) is -1.21. The first-order chi connectivity index (χ1) is 8.90. The van der Waals surface area contributed by atoms with Crippen LogP contribution in [0.2, 0.25) is 0 Å². The average molecular weight is 263 g/mol. The molecule has 0 aliphatic carbocycles. The second kappa shape index (κ2) is 6.68. The van der Waals surface area contributed by atoms with Crippen LogP contribution in [0.15, 0.2) is 24.3 Å². The molecule has 0 saturated carbocycles. The molecular formula is C14H17NO4. The number of carbonyl (C=O) groups is 3. The summed E-state index contributed by atoms with van der Waals surface area (Å²) in [6.45, 7) is 4.50. The van der Waals surface area contributed by atoms with Gasteiger partial charge in [-0.25, -0.2) is 0 Å². The number of ketones is 1. The zero-order valence-corrected chi connectivity index (χ0v) is 11.2. The van der Waals surface area contributed by atoms with Gasteiger partial charge in [0.05, 0.1) is 5.92 Å². The predicted octanol–water partition coefficient (Wildman–Crippen LogP) is 2.03. The van der Waals surface area contributed by atoms with Gasteiger partial charge in [0.2, 0.25) is 0 Å². The van der Waals surface area contributed by atoms with Crippen molar-refractivity contribution in [2.45, 2.75) is 20.8 Å². The number of anilines is 1. The number of hydrogen-bond acceptors (Lipinski definition) is 4. The number of rotatable bonds is 5. The summed E-state index contributed by atoms with van der Waals surface area (Å²) in [6.07, 6.45) is 0. The maximum atomic E-state index is 11.5. The minimum atomic E-state index is -0.435. The molecule has 0 aromatic heterocycles. The van der Waals surface area contributed by atoms with E-state index in [0.29, 0.717) is 11.3 Å². The molecule has 1 aromatic rings. The first-order valence-corrected chi connectivity index (χ1v) is 5.97. The molecule has 1 N–H and O–H groups in total. The summed E-state index contributed by atoms with van der Waals surface area (Å²) in [5.41, 5.74) is 1.01. The highest BCUT2D eigenvalue weighted by atomic mass is 16.5. The number of Topliss-reactive ketones (excluding diaryl/α,β-unsaturated/α-hetero) is 1. The molecular weight excluding hydrogens is 246 g/mol. The summed E-state index contributed by atoms with van der Waals surface area (Å²) in [6, 6.07) is 6.57. The molecule has 0 saturated heterocycles. The number of carbonyl (C=O) groups excluding carboxylic acids is 3. The van der Waals surface area contributed by atoms with E-state index in [2.05, 4.69) is 5.32 Å². The Morgan fingerprint density at radius 3 is 2.53 bits per heavy atom. The molecule has 19 heavy (non-hydrogen) atoms. The number of nitrogens with one attached hydrogen (secondary N) is 1. The van der Waals surface area contributed by atoms with Crippen molar-refractivity contribution >= 4 is 23.3 Å². The van der Waals surface area contributed by atoms with Crippen molar-refractivity contribution in [3.63, 3.8) is 0 Å². The number of hydrogen-bond donors (Lipinski definition) is 1. The molecule has 0 aliphatic heterocycles. The van der Waals surface area contributed by atoms with Crippen molar-refractivity contribution in [1.29, 1.82) is 0 Å². The fourth-order valence-corrected chi connectivity index (χ4v) is 1.32. The van der Waals surface area contributed by atoms with E-state index in [-0.39, 0.29) is 18.3 Å². The Hall–Kier alpha value is -2.17. The third-order valence-corrected chi connectivity index (χ3v) is 2.37. The molecule has 0 radical (unpaired) electrons. The van der Waals surface area contributed by atoms with Gasteiger partial charge < -0.3 is 10.1 Å². The minimum absolute atomic E-state index is 0.0812. The van der Waals surface area contributed by atoms with E-state index in [9.17, 15) is 14.4 Å². The van der Waals surface area contributed by atoms with Crippen LogP contribution in [0.25, 0.3) is 0 Å². The van der Waals surface area contributed by atoms with Crippen LogP contribution in [0.3, 0.4) is 0 Å². The molecule has 5 heteroatoms. The third-order valence-electron chi connectivity index (χ3n) is 2.37. The largest absolute Gasteiger partial charge is 0.455 e. The van der Waals surface area contributed by atoms with Gasteiger partial charge in [0, 0.05) is 11.3 Å². The van der Waals surface area contributed by atoms with E-state index in [1.54, 1.807) is 38.1 Å². The third kappa shape index (κ3) is 4.91. The molecule has 0 bridgehead atoms. The van der Waals surface area contributed by atoms with Crippen molar-refractivity contribution < 1.29 is 19.1 Å². The molecule has 0 heterocycles. The second-order valence-electron chi connectivity index (χ2n) is 4.45. The first-order valence-electron chi connectivity index (χ1n) is 5.97. The van der Waals surface area contributed by atoms with Gasteiger partial charge in [-0.3, -0.25) is 14.4 Å². The topological polar surface area (TPSA) is 72.5 Å². The minimum Gasteiger partial charge on any atom is -0.455 e. The lowest BCUT2D eigenvalue weighted by Crippen LogP contribution is -2.22. The van der Waals surface area contributed by atoms with E-state index in [1.807, 2.05) is 0 Å². The zero-order valence-electron chi connectivity index (χ0n) is 11.2. The standard InChI is InChI=1S/C14H17NO4/c1-9(2)14(18)19-8-13(17)15-12-6-4-5-11(7-12)10(3)16/h4-7,9H,8H2,1-3H3,(H,15,17). The molecule has 0 atom stereocenters. The van der Waals surface area contributed by atoms with Crippen molar-refractivity contribution in [3.8, 4) is 0 Å². The van der Waals surface area contributed by atoms with Crippen LogP contribution in [0.5, 0.6) is 0 Å². The predicted molar refractivity (Wildman–Crippen MR) is 70.9 cm³/mol. The van der Waals surface area contributed by atoms with E-state index >= 15 is 0 Å². The highest BCUT2D eigenvalue weighted by Crippen LogP contribution is 2.11. The highest BCUT2D eigenvalue weighted by Gasteiger charge is 2.11. The summed E-state index contributed by atoms with van der Waals surface area (Å²) < 4.78 is 4.80. The number of amides is 1. The Balaban J connectivity index is 2.55. The monoisotopic (exact) mass is 263 g/mol. The van der Waals surface area contributed by atoms with Crippen LogP contribution in [0.1, 0.15) is 31.1 Å². The van der Waals surface area contributed by atoms with Crippen LogP contribution >= 0.6 is 0 Å². The van der Waals surface area contributed by atoms with Crippen LogP contribution in [0.4, 0.5) is 5.69 Å². The fourth-order valence-electron chi connectivity index (χ4n) is 1.32. The van der Waals surface area contributed by atoms with E-state index < -0.39 is 11.9 Å². The van der Waals surface area contributed by atoms with Gasteiger partial charge in [0.15, 0.2) is 12.4 Å². The Morgan fingerprint density at radius 1 is 1.26 bits per heavy atom. The molecule has 0 aliphatic rings. The lowest BCUT2D eigenvalue weighted by Gasteiger charge is -2.08. The molecule has 102 valence electrons. The quantitative estimate of drug-likeness (QED) is 0.651. The van der Waals surface area contributed by atoms with Gasteiger partial charge in [-0.1, -0.05) is 26.0 Å². The average Bonchev–Trinajstić information content (AvgIpc) is 2.36. The Labute approximate surface area is 111 Å². The van der Waals surface area contributed by atoms with Gasteiger partial charge in [-0.15, -0.1) is 0 Å². The van der Waals surface area contributed by atoms with Crippen LogP contribution in [-0.2, 0) is 14.3 Å². The molecule has 0 spiro atoms. The molecule has 0 fully saturated rings. The van der Waals surface area contributed by atoms with E-state index in [0.717, 1.165) is 0 Å². The number of ether oxygens (including phenoxy) is 1. The lowest BCUT2D eigenvalue weighted by atomic mass is 10.1. The highest BCUT2D eigenvalue weighted by molar-refractivity contribution is 5.97. The number of esters is 1. The van der Waals surface area contributed by atoms with E-state index in [4.69, 9.17) is 4.74 Å². The summed E-state index contributed by atoms with van der Waals surface area (Å²) in [5, 5.41) is 2.56. The smallest absolute Gasteiger partial charge is 0.308 e. The fraction of sp³-hybridized carbons (Fsp3) is 0.357. The van der Waals surface area contributed by atoms with Gasteiger partial charge in [0.1, 0.15) is 0 Å². The van der Waals surface area contributed by atoms with Crippen LogP contribution < -0.4 is 5.32 Å². The Kier molecular flexibility index (Phi) is 5.23. The zero-order chi connectivity index (χ0) is 14.4. The van der Waals surface area contributed by atoms with E-state index in [1.165, 1.54) is 6.92 Å². The Bertz CT molecular complexity index is 494. The molecule has 5 nitrogen and oxygen atoms in total. The first kappa shape index (κ1) is 14.9. The van der Waals surface area contributed by atoms with Crippen molar-refractivity contribution in [2.75, 3.05) is 11.9 Å². The normalized spacial score (nSPS) is 10.1. The van der Waals surface area contributed by atoms with Gasteiger partial charge in [-0.2, -0.15) is 0 Å². The van der Waals surface area contributed by atoms with Gasteiger partial charge in [0.25, 0.3) is 5.91 Å². The van der Waals surface area contributed by atoms with Crippen molar-refractivity contribution in [1.82, 2.24) is 0 Å². The molecule has 0 unspecified atom stereocenters. The second-order valence-corrected chi connectivity index (χ2v) is 4.45. The molecule has 1 aromatic carbocycles. The van der Waals surface area contributed by atoms with Crippen molar-refractivity contribution in [3.05, 3.63) is 29.8 Å². The SMILES string of the molecule is CC(=O)c1cccc(NC(=O)COC(=O)C(C)C)c1. The van der Waals surface area contributed by atoms with Crippen LogP contribution in [-0.4, -0.2) is 24.3 Å². The molecule has 1 rings (SSSR count). The maximum absolute atomic E-state index is 11.5. The summed E-state index contributed by atoms with van der Waals surface area (Å²) in [7, 11) is 0. The summed E-state index contributed by atoms with van der Waals surface area (Å²) >= 11 is 0. The summed E-state index contributed by atoms with van der Waals surface area (Å²) in [4.78, 5) is 33.9. The van der Waals surface area contributed by atoms with Gasteiger partial charge in [-0.05, 0) is 19.1 Å². The van der Waals surface area contributed by atoms with Gasteiger partial charge >= 0.3 is 5.97 Å².